The van der Waals surface area contributed by atoms with Crippen molar-refractivity contribution in [1.29, 1.82) is 0 Å². The number of anilines is 1. The molecular weight excluding hydrogens is 330 g/mol. The molecule has 0 bridgehead atoms. The molecule has 1 aromatic heterocycles. The number of carbonyl (C=O) groups excluding carboxylic acids is 2. The number of carbonyl (C=O) groups is 2. The van der Waals surface area contributed by atoms with Gasteiger partial charge in [0.2, 0.25) is 0 Å². The smallest absolute Gasteiger partial charge is 0.339 e. The van der Waals surface area contributed by atoms with Crippen molar-refractivity contribution in [3.8, 4) is 5.69 Å². The van der Waals surface area contributed by atoms with Crippen LogP contribution < -0.4 is 5.32 Å². The molecule has 0 saturated heterocycles. The number of rotatable bonds is 3. The molecule has 0 radical (unpaired) electrons. The van der Waals surface area contributed by atoms with E-state index in [-0.39, 0.29) is 5.91 Å². The molecule has 0 fully saturated rings. The monoisotopic (exact) mass is 347 g/mol. The highest BCUT2D eigenvalue weighted by atomic mass is 16.5. The third-order valence-electron chi connectivity index (χ3n) is 4.42. The van der Waals surface area contributed by atoms with Crippen molar-refractivity contribution in [2.24, 2.45) is 0 Å². The van der Waals surface area contributed by atoms with Gasteiger partial charge in [-0.05, 0) is 30.2 Å². The summed E-state index contributed by atoms with van der Waals surface area (Å²) in [5, 5.41) is 7.11. The lowest BCUT2D eigenvalue weighted by Gasteiger charge is -2.23. The molecule has 6 heteroatoms. The van der Waals surface area contributed by atoms with Gasteiger partial charge in [0.1, 0.15) is 5.82 Å². The number of ether oxygens (including phenoxy) is 1. The maximum absolute atomic E-state index is 12.7. The first-order valence-electron chi connectivity index (χ1n) is 8.33. The van der Waals surface area contributed by atoms with Crippen LogP contribution in [0, 0.1) is 6.92 Å². The normalized spacial score (nSPS) is 15.9. The van der Waals surface area contributed by atoms with Crippen molar-refractivity contribution < 1.29 is 14.3 Å². The summed E-state index contributed by atoms with van der Waals surface area (Å²) in [6.45, 7) is 1.97. The van der Waals surface area contributed by atoms with Gasteiger partial charge in [0, 0.05) is 12.5 Å². The number of esters is 1. The van der Waals surface area contributed by atoms with Gasteiger partial charge in [0.05, 0.1) is 17.4 Å². The van der Waals surface area contributed by atoms with Crippen LogP contribution in [0.4, 0.5) is 5.82 Å². The van der Waals surface area contributed by atoms with Crippen LogP contribution in [-0.2, 0) is 16.0 Å². The first-order valence-corrected chi connectivity index (χ1v) is 8.33. The van der Waals surface area contributed by atoms with Crippen molar-refractivity contribution in [3.63, 3.8) is 0 Å². The van der Waals surface area contributed by atoms with Crippen LogP contribution >= 0.6 is 0 Å². The van der Waals surface area contributed by atoms with Crippen molar-refractivity contribution >= 4 is 17.7 Å². The number of fused-ring (bicyclic) bond motifs is 1. The van der Waals surface area contributed by atoms with E-state index in [1.165, 1.54) is 0 Å². The lowest BCUT2D eigenvalue weighted by atomic mass is 9.98. The lowest BCUT2D eigenvalue weighted by molar-refractivity contribution is -0.125. The van der Waals surface area contributed by atoms with Gasteiger partial charge in [-0.2, -0.15) is 5.10 Å². The summed E-state index contributed by atoms with van der Waals surface area (Å²) in [7, 11) is 0. The molecule has 6 nitrogen and oxygen atoms in total. The topological polar surface area (TPSA) is 73.2 Å². The molecule has 1 unspecified atom stereocenters. The van der Waals surface area contributed by atoms with E-state index in [1.807, 2.05) is 43.3 Å². The van der Waals surface area contributed by atoms with Crippen molar-refractivity contribution in [3.05, 3.63) is 77.5 Å². The molecule has 2 aromatic carbocycles. The molecule has 0 spiro atoms. The predicted octanol–water partition coefficient (Wildman–Crippen LogP) is 2.90. The van der Waals surface area contributed by atoms with Crippen LogP contribution in [0.25, 0.3) is 5.69 Å². The number of cyclic esters (lactones) is 1. The van der Waals surface area contributed by atoms with Gasteiger partial charge < -0.3 is 10.1 Å². The van der Waals surface area contributed by atoms with Crippen molar-refractivity contribution in [1.82, 2.24) is 9.78 Å². The summed E-state index contributed by atoms with van der Waals surface area (Å²) in [6.07, 6.45) is 1.11. The molecule has 0 aliphatic carbocycles. The number of nitrogens with zero attached hydrogens (tertiary/aromatic N) is 2. The summed E-state index contributed by atoms with van der Waals surface area (Å²) < 4.78 is 6.97. The standard InChI is InChI=1S/C20H17N3O3/c1-13-6-2-5-9-16(13)23-18(10-11-21-23)22-19(24)17-12-14-7-3-4-8-15(14)20(25)26-17/h2-11,17H,12H2,1H3,(H,22,24). The number of nitrogens with one attached hydrogen (secondary N) is 1. The summed E-state index contributed by atoms with van der Waals surface area (Å²) >= 11 is 0. The molecule has 0 saturated carbocycles. The van der Waals surface area contributed by atoms with E-state index in [9.17, 15) is 9.59 Å². The number of para-hydroxylation sites is 1. The molecule has 1 aliphatic rings. The Labute approximate surface area is 150 Å². The van der Waals surface area contributed by atoms with Gasteiger partial charge in [-0.25, -0.2) is 9.48 Å². The van der Waals surface area contributed by atoms with Gasteiger partial charge in [0.25, 0.3) is 5.91 Å². The van der Waals surface area contributed by atoms with Crippen LogP contribution in [-0.4, -0.2) is 27.8 Å². The van der Waals surface area contributed by atoms with Crippen LogP contribution in [0.1, 0.15) is 21.5 Å². The second kappa shape index (κ2) is 6.48. The number of hydrogen-bond donors (Lipinski definition) is 1. The van der Waals surface area contributed by atoms with E-state index in [2.05, 4.69) is 10.4 Å². The van der Waals surface area contributed by atoms with Crippen LogP contribution in [0.3, 0.4) is 0 Å². The molecule has 26 heavy (non-hydrogen) atoms. The largest absolute Gasteiger partial charge is 0.448 e. The fourth-order valence-corrected chi connectivity index (χ4v) is 3.08. The Hall–Kier alpha value is -3.41. The molecule has 130 valence electrons. The van der Waals surface area contributed by atoms with Crippen LogP contribution in [0.5, 0.6) is 0 Å². The summed E-state index contributed by atoms with van der Waals surface area (Å²) in [4.78, 5) is 24.8. The molecule has 1 atom stereocenters. The second-order valence-corrected chi connectivity index (χ2v) is 6.16. The van der Waals surface area contributed by atoms with Crippen molar-refractivity contribution in [2.75, 3.05) is 5.32 Å². The third-order valence-corrected chi connectivity index (χ3v) is 4.42. The average Bonchev–Trinajstić information content (AvgIpc) is 3.10. The fraction of sp³-hybridized carbons (Fsp3) is 0.150. The zero-order valence-corrected chi connectivity index (χ0v) is 14.2. The zero-order valence-electron chi connectivity index (χ0n) is 14.2. The minimum absolute atomic E-state index is 0.353. The van der Waals surface area contributed by atoms with Gasteiger partial charge in [-0.3, -0.25) is 4.79 Å². The predicted molar refractivity (Wildman–Crippen MR) is 96.3 cm³/mol. The Morgan fingerprint density at radius 3 is 2.77 bits per heavy atom. The molecule has 3 aromatic rings. The molecule has 4 rings (SSSR count). The van der Waals surface area contributed by atoms with Gasteiger partial charge in [-0.15, -0.1) is 0 Å². The molecule has 1 aliphatic heterocycles. The van der Waals surface area contributed by atoms with E-state index >= 15 is 0 Å². The molecule has 2 heterocycles. The Morgan fingerprint density at radius 2 is 1.92 bits per heavy atom. The fourth-order valence-electron chi connectivity index (χ4n) is 3.08. The van der Waals surface area contributed by atoms with Crippen molar-refractivity contribution in [2.45, 2.75) is 19.4 Å². The van der Waals surface area contributed by atoms with E-state index in [4.69, 9.17) is 4.74 Å². The molecule has 1 N–H and O–H groups in total. The number of aryl methyl sites for hydroxylation is 1. The first kappa shape index (κ1) is 16.1. The minimum Gasteiger partial charge on any atom is -0.448 e. The van der Waals surface area contributed by atoms with Gasteiger partial charge in [0.15, 0.2) is 6.10 Å². The molecular formula is C20H17N3O3. The van der Waals surface area contributed by atoms with Crippen LogP contribution in [0.15, 0.2) is 60.8 Å². The first-order chi connectivity index (χ1) is 12.6. The Balaban J connectivity index is 1.57. The minimum atomic E-state index is -0.863. The molecule has 1 amide bonds. The highest BCUT2D eigenvalue weighted by Gasteiger charge is 2.31. The van der Waals surface area contributed by atoms with Crippen LogP contribution in [0.2, 0.25) is 0 Å². The Kier molecular flexibility index (Phi) is 4.01. The van der Waals surface area contributed by atoms with E-state index < -0.39 is 12.1 Å². The maximum atomic E-state index is 12.7. The highest BCUT2D eigenvalue weighted by Crippen LogP contribution is 2.23. The number of hydrogen-bond acceptors (Lipinski definition) is 4. The third kappa shape index (κ3) is 2.86. The Bertz CT molecular complexity index is 993. The summed E-state index contributed by atoms with van der Waals surface area (Å²) in [5.41, 5.74) is 3.24. The van der Waals surface area contributed by atoms with Gasteiger partial charge in [-0.1, -0.05) is 36.4 Å². The van der Waals surface area contributed by atoms with E-state index in [0.29, 0.717) is 17.8 Å². The number of amides is 1. The summed E-state index contributed by atoms with van der Waals surface area (Å²) in [6, 6.07) is 16.6. The van der Waals surface area contributed by atoms with E-state index in [0.717, 1.165) is 16.8 Å². The number of aromatic nitrogens is 2. The quantitative estimate of drug-likeness (QED) is 0.740. The Morgan fingerprint density at radius 1 is 1.15 bits per heavy atom. The summed E-state index contributed by atoms with van der Waals surface area (Å²) in [5.74, 6) is -0.318. The lowest BCUT2D eigenvalue weighted by Crippen LogP contribution is -2.38. The van der Waals surface area contributed by atoms with Gasteiger partial charge >= 0.3 is 5.97 Å². The SMILES string of the molecule is Cc1ccccc1-n1nccc1NC(=O)C1Cc2ccccc2C(=O)O1. The second-order valence-electron chi connectivity index (χ2n) is 6.16. The maximum Gasteiger partial charge on any atom is 0.339 e. The van der Waals surface area contributed by atoms with E-state index in [1.54, 1.807) is 29.1 Å². The number of benzene rings is 2. The highest BCUT2D eigenvalue weighted by molar-refractivity contribution is 5.99. The zero-order chi connectivity index (χ0) is 18.1. The average molecular weight is 347 g/mol.